The molecule has 0 fully saturated rings. The lowest BCUT2D eigenvalue weighted by Crippen LogP contribution is -2.22. The highest BCUT2D eigenvalue weighted by atomic mass is 16.3. The Bertz CT molecular complexity index is 553. The summed E-state index contributed by atoms with van der Waals surface area (Å²) in [6.45, 7) is 6.64. The Balaban J connectivity index is 1.95. The number of phenolic OH excluding ortho intramolecular Hbond substituents is 1. The summed E-state index contributed by atoms with van der Waals surface area (Å²) in [5, 5.41) is 10.1. The summed E-state index contributed by atoms with van der Waals surface area (Å²) >= 11 is 0. The first kappa shape index (κ1) is 15.2. The Labute approximate surface area is 126 Å². The van der Waals surface area contributed by atoms with Crippen LogP contribution in [0.1, 0.15) is 19.4 Å². The number of hydrazine groups is 1. The van der Waals surface area contributed by atoms with Gasteiger partial charge in [-0.3, -0.25) is 0 Å². The number of benzene rings is 2. The van der Waals surface area contributed by atoms with Crippen LogP contribution in [-0.2, 0) is 6.54 Å². The second kappa shape index (κ2) is 7.55. The zero-order valence-corrected chi connectivity index (χ0v) is 12.6. The second-order valence-corrected chi connectivity index (χ2v) is 4.83. The predicted molar refractivity (Wildman–Crippen MR) is 88.6 cm³/mol. The summed E-state index contributed by atoms with van der Waals surface area (Å²) in [4.78, 5) is 2.21. The van der Waals surface area contributed by atoms with Crippen LogP contribution in [0.25, 0.3) is 0 Å². The van der Waals surface area contributed by atoms with E-state index in [0.29, 0.717) is 12.3 Å². The summed E-state index contributed by atoms with van der Waals surface area (Å²) in [5.41, 5.74) is 9.14. The van der Waals surface area contributed by atoms with Crippen LogP contribution in [0.3, 0.4) is 0 Å². The van der Waals surface area contributed by atoms with Gasteiger partial charge in [0.05, 0.1) is 0 Å². The standard InChI is InChI=1S/C17H23N3O/c1-3-20(4-2)16-11-10-14(17(21)12-16)13-18-19-15-8-6-5-7-9-15/h5-12,18-19,21H,3-4,13H2,1-2H3. The fourth-order valence-electron chi connectivity index (χ4n) is 2.25. The molecule has 2 aromatic rings. The molecule has 0 amide bonds. The van der Waals surface area contributed by atoms with Crippen molar-refractivity contribution < 1.29 is 5.11 Å². The van der Waals surface area contributed by atoms with Gasteiger partial charge in [0.25, 0.3) is 0 Å². The number of nitrogens with zero attached hydrogens (tertiary/aromatic N) is 1. The minimum atomic E-state index is 0.321. The molecule has 4 heteroatoms. The molecule has 0 aliphatic carbocycles. The third-order valence-corrected chi connectivity index (χ3v) is 3.48. The first-order valence-electron chi connectivity index (χ1n) is 7.35. The number of nitrogens with one attached hydrogen (secondary N) is 2. The van der Waals surface area contributed by atoms with E-state index in [1.165, 1.54) is 0 Å². The van der Waals surface area contributed by atoms with Crippen LogP contribution in [0, 0.1) is 0 Å². The third-order valence-electron chi connectivity index (χ3n) is 3.48. The van der Waals surface area contributed by atoms with E-state index in [-0.39, 0.29) is 0 Å². The lowest BCUT2D eigenvalue weighted by atomic mass is 10.1. The van der Waals surface area contributed by atoms with Crippen LogP contribution in [0.2, 0.25) is 0 Å². The number of rotatable bonds is 7. The normalized spacial score (nSPS) is 10.4. The van der Waals surface area contributed by atoms with Crippen LogP contribution in [0.15, 0.2) is 48.5 Å². The Morgan fingerprint density at radius 3 is 2.33 bits per heavy atom. The predicted octanol–water partition coefficient (Wildman–Crippen LogP) is 3.36. The van der Waals surface area contributed by atoms with Gasteiger partial charge in [0, 0.05) is 42.6 Å². The highest BCUT2D eigenvalue weighted by molar-refractivity contribution is 5.53. The fraction of sp³-hybridized carbons (Fsp3) is 0.294. The zero-order valence-electron chi connectivity index (χ0n) is 12.6. The smallest absolute Gasteiger partial charge is 0.122 e. The SMILES string of the molecule is CCN(CC)c1ccc(CNNc2ccccc2)c(O)c1. The van der Waals surface area contributed by atoms with Crippen LogP contribution < -0.4 is 15.8 Å². The lowest BCUT2D eigenvalue weighted by molar-refractivity contribution is 0.466. The zero-order chi connectivity index (χ0) is 15.1. The Kier molecular flexibility index (Phi) is 5.46. The number of hydrogen-bond acceptors (Lipinski definition) is 4. The summed E-state index contributed by atoms with van der Waals surface area (Å²) < 4.78 is 0. The fourth-order valence-corrected chi connectivity index (χ4v) is 2.25. The number of aromatic hydroxyl groups is 1. The average molecular weight is 285 g/mol. The van der Waals surface area contributed by atoms with E-state index in [4.69, 9.17) is 0 Å². The van der Waals surface area contributed by atoms with Gasteiger partial charge >= 0.3 is 0 Å². The monoisotopic (exact) mass is 285 g/mol. The maximum atomic E-state index is 10.1. The van der Waals surface area contributed by atoms with Gasteiger partial charge in [-0.25, -0.2) is 5.43 Å². The number of hydrogen-bond donors (Lipinski definition) is 3. The molecule has 0 radical (unpaired) electrons. The summed E-state index contributed by atoms with van der Waals surface area (Å²) in [6, 6.07) is 15.7. The number of anilines is 2. The Hall–Kier alpha value is -2.20. The molecule has 112 valence electrons. The Morgan fingerprint density at radius 1 is 1.00 bits per heavy atom. The summed E-state index contributed by atoms with van der Waals surface area (Å²) in [7, 11) is 0. The largest absolute Gasteiger partial charge is 0.508 e. The average Bonchev–Trinajstić information content (AvgIpc) is 2.51. The summed E-state index contributed by atoms with van der Waals surface area (Å²) in [6.07, 6.45) is 0. The van der Waals surface area contributed by atoms with Crippen LogP contribution in [-0.4, -0.2) is 18.2 Å². The maximum absolute atomic E-state index is 10.1. The molecule has 0 saturated heterocycles. The van der Waals surface area contributed by atoms with Crippen LogP contribution in [0.4, 0.5) is 11.4 Å². The van der Waals surface area contributed by atoms with E-state index >= 15 is 0 Å². The topological polar surface area (TPSA) is 47.5 Å². The minimum Gasteiger partial charge on any atom is -0.508 e. The molecule has 0 heterocycles. The molecule has 3 N–H and O–H groups in total. The van der Waals surface area contributed by atoms with Crippen molar-refractivity contribution in [3.63, 3.8) is 0 Å². The molecule has 0 aliphatic rings. The second-order valence-electron chi connectivity index (χ2n) is 4.83. The number of phenols is 1. The van der Waals surface area contributed by atoms with Crippen molar-refractivity contribution in [1.82, 2.24) is 5.43 Å². The highest BCUT2D eigenvalue weighted by Crippen LogP contribution is 2.24. The van der Waals surface area contributed by atoms with Crippen molar-refractivity contribution in [2.45, 2.75) is 20.4 Å². The Morgan fingerprint density at radius 2 is 1.71 bits per heavy atom. The molecular weight excluding hydrogens is 262 g/mol. The van der Waals surface area contributed by atoms with Gasteiger partial charge in [-0.1, -0.05) is 24.3 Å². The van der Waals surface area contributed by atoms with Crippen molar-refractivity contribution in [3.8, 4) is 5.75 Å². The van der Waals surface area contributed by atoms with Gasteiger partial charge in [0.2, 0.25) is 0 Å². The molecule has 2 aromatic carbocycles. The molecule has 0 spiro atoms. The lowest BCUT2D eigenvalue weighted by Gasteiger charge is -2.21. The molecule has 2 rings (SSSR count). The van der Waals surface area contributed by atoms with Crippen LogP contribution in [0.5, 0.6) is 5.75 Å². The van der Waals surface area contributed by atoms with Gasteiger partial charge < -0.3 is 15.4 Å². The van der Waals surface area contributed by atoms with Gasteiger partial charge in [0.1, 0.15) is 5.75 Å². The maximum Gasteiger partial charge on any atom is 0.122 e. The molecule has 0 atom stereocenters. The minimum absolute atomic E-state index is 0.321. The molecule has 0 aromatic heterocycles. The molecule has 0 bridgehead atoms. The van der Waals surface area contributed by atoms with E-state index in [9.17, 15) is 5.11 Å². The van der Waals surface area contributed by atoms with E-state index in [0.717, 1.165) is 30.0 Å². The number of para-hydroxylation sites is 1. The van der Waals surface area contributed by atoms with Gasteiger partial charge in [-0.05, 0) is 32.0 Å². The van der Waals surface area contributed by atoms with Gasteiger partial charge in [-0.2, -0.15) is 0 Å². The molecule has 0 saturated carbocycles. The van der Waals surface area contributed by atoms with Crippen molar-refractivity contribution >= 4 is 11.4 Å². The quantitative estimate of drug-likeness (QED) is 0.683. The first-order valence-corrected chi connectivity index (χ1v) is 7.35. The van der Waals surface area contributed by atoms with E-state index < -0.39 is 0 Å². The van der Waals surface area contributed by atoms with Crippen molar-refractivity contribution in [3.05, 3.63) is 54.1 Å². The van der Waals surface area contributed by atoms with E-state index in [1.807, 2.05) is 48.5 Å². The van der Waals surface area contributed by atoms with Crippen molar-refractivity contribution in [2.75, 3.05) is 23.4 Å². The van der Waals surface area contributed by atoms with Crippen molar-refractivity contribution in [1.29, 1.82) is 0 Å². The molecular formula is C17H23N3O. The molecule has 4 nitrogen and oxygen atoms in total. The first-order chi connectivity index (χ1) is 10.2. The summed E-state index contributed by atoms with van der Waals surface area (Å²) in [5.74, 6) is 0.321. The highest BCUT2D eigenvalue weighted by Gasteiger charge is 2.06. The van der Waals surface area contributed by atoms with Crippen molar-refractivity contribution in [2.24, 2.45) is 0 Å². The molecule has 0 aliphatic heterocycles. The van der Waals surface area contributed by atoms with Gasteiger partial charge in [-0.15, -0.1) is 0 Å². The third kappa shape index (κ3) is 4.13. The molecule has 0 unspecified atom stereocenters. The van der Waals surface area contributed by atoms with Gasteiger partial charge in [0.15, 0.2) is 0 Å². The molecule has 21 heavy (non-hydrogen) atoms. The van der Waals surface area contributed by atoms with E-state index in [1.54, 1.807) is 0 Å². The van der Waals surface area contributed by atoms with E-state index in [2.05, 4.69) is 29.6 Å². The van der Waals surface area contributed by atoms with Crippen LogP contribution >= 0.6 is 0 Å².